The Morgan fingerprint density at radius 2 is 1.83 bits per heavy atom. The zero-order valence-electron chi connectivity index (χ0n) is 10.5. The second-order valence-electron chi connectivity index (χ2n) is 4.84. The molecule has 3 rings (SSSR count). The molecule has 92 valence electrons. The normalized spacial score (nSPS) is 19.7. The first-order valence-electron chi connectivity index (χ1n) is 6.68. The first-order chi connectivity index (χ1) is 8.93. The highest BCUT2D eigenvalue weighted by Crippen LogP contribution is 2.23. The number of hydrogen-bond acceptors (Lipinski definition) is 2. The standard InChI is InChI=1S/C16H18N2/c1-2-6-13(7-3-1)14-9-10-16(18-12-14)15-8-4-5-11-17-15/h1-3,6-7,9-10,12,15,17H,4-5,8,11H2. The van der Waals surface area contributed by atoms with Gasteiger partial charge in [-0.2, -0.15) is 0 Å². The molecule has 1 aliphatic rings. The summed E-state index contributed by atoms with van der Waals surface area (Å²) in [6, 6.07) is 15.2. The first kappa shape index (κ1) is 11.4. The number of piperidine rings is 1. The van der Waals surface area contributed by atoms with Crippen molar-refractivity contribution in [2.45, 2.75) is 25.3 Å². The molecule has 1 fully saturated rings. The van der Waals surface area contributed by atoms with Gasteiger partial charge in [0.1, 0.15) is 0 Å². The van der Waals surface area contributed by atoms with E-state index in [1.165, 1.54) is 36.1 Å². The molecule has 0 spiro atoms. The van der Waals surface area contributed by atoms with E-state index in [0.717, 1.165) is 6.54 Å². The number of nitrogens with zero attached hydrogens (tertiary/aromatic N) is 1. The van der Waals surface area contributed by atoms with Gasteiger partial charge in [-0.25, -0.2) is 0 Å². The summed E-state index contributed by atoms with van der Waals surface area (Å²) < 4.78 is 0. The van der Waals surface area contributed by atoms with Crippen molar-refractivity contribution in [2.24, 2.45) is 0 Å². The number of pyridine rings is 1. The van der Waals surface area contributed by atoms with Crippen LogP contribution in [0.5, 0.6) is 0 Å². The number of nitrogens with one attached hydrogen (secondary N) is 1. The lowest BCUT2D eigenvalue weighted by Gasteiger charge is -2.22. The van der Waals surface area contributed by atoms with Gasteiger partial charge in [0, 0.05) is 17.8 Å². The van der Waals surface area contributed by atoms with Crippen LogP contribution in [0.25, 0.3) is 11.1 Å². The fourth-order valence-corrected chi connectivity index (χ4v) is 2.52. The second kappa shape index (κ2) is 5.32. The highest BCUT2D eigenvalue weighted by molar-refractivity contribution is 5.62. The van der Waals surface area contributed by atoms with Crippen molar-refractivity contribution in [1.29, 1.82) is 0 Å². The van der Waals surface area contributed by atoms with E-state index in [9.17, 15) is 0 Å². The zero-order valence-corrected chi connectivity index (χ0v) is 10.5. The Labute approximate surface area is 108 Å². The van der Waals surface area contributed by atoms with E-state index < -0.39 is 0 Å². The van der Waals surface area contributed by atoms with Crippen molar-refractivity contribution in [3.05, 3.63) is 54.4 Å². The van der Waals surface area contributed by atoms with Crippen LogP contribution >= 0.6 is 0 Å². The van der Waals surface area contributed by atoms with Gasteiger partial charge in [-0.05, 0) is 31.0 Å². The van der Waals surface area contributed by atoms with E-state index in [-0.39, 0.29) is 0 Å². The Bertz CT molecular complexity index is 484. The second-order valence-corrected chi connectivity index (χ2v) is 4.84. The van der Waals surface area contributed by atoms with Crippen LogP contribution in [-0.2, 0) is 0 Å². The van der Waals surface area contributed by atoms with Crippen molar-refractivity contribution < 1.29 is 0 Å². The Kier molecular flexibility index (Phi) is 3.37. The predicted octanol–water partition coefficient (Wildman–Crippen LogP) is 3.56. The predicted molar refractivity (Wildman–Crippen MR) is 74.3 cm³/mol. The number of benzene rings is 1. The van der Waals surface area contributed by atoms with Crippen molar-refractivity contribution in [3.8, 4) is 11.1 Å². The van der Waals surface area contributed by atoms with Crippen molar-refractivity contribution in [2.75, 3.05) is 6.54 Å². The molecule has 1 atom stereocenters. The summed E-state index contributed by atoms with van der Waals surface area (Å²) in [7, 11) is 0. The molecular formula is C16H18N2. The van der Waals surface area contributed by atoms with Crippen LogP contribution in [0.3, 0.4) is 0 Å². The molecule has 0 saturated carbocycles. The molecule has 1 saturated heterocycles. The van der Waals surface area contributed by atoms with E-state index in [1.807, 2.05) is 12.3 Å². The van der Waals surface area contributed by atoms with Gasteiger partial charge < -0.3 is 5.32 Å². The summed E-state index contributed by atoms with van der Waals surface area (Å²) in [4.78, 5) is 4.62. The van der Waals surface area contributed by atoms with Gasteiger partial charge >= 0.3 is 0 Å². The molecule has 0 amide bonds. The topological polar surface area (TPSA) is 24.9 Å². The molecule has 1 aromatic heterocycles. The van der Waals surface area contributed by atoms with Gasteiger partial charge in [0.25, 0.3) is 0 Å². The lowest BCUT2D eigenvalue weighted by atomic mass is 10.0. The summed E-state index contributed by atoms with van der Waals surface area (Å²) in [6.45, 7) is 1.12. The van der Waals surface area contributed by atoms with Gasteiger partial charge in [0.15, 0.2) is 0 Å². The van der Waals surface area contributed by atoms with Gasteiger partial charge in [0.2, 0.25) is 0 Å². The van der Waals surface area contributed by atoms with Crippen LogP contribution in [0.15, 0.2) is 48.7 Å². The highest BCUT2D eigenvalue weighted by Gasteiger charge is 2.15. The van der Waals surface area contributed by atoms with Crippen molar-refractivity contribution >= 4 is 0 Å². The Hall–Kier alpha value is -1.67. The summed E-state index contributed by atoms with van der Waals surface area (Å²) in [5.74, 6) is 0. The fourth-order valence-electron chi connectivity index (χ4n) is 2.52. The molecule has 1 aromatic carbocycles. The number of hydrogen-bond donors (Lipinski definition) is 1. The molecule has 2 heterocycles. The molecule has 0 aliphatic carbocycles. The number of rotatable bonds is 2. The monoisotopic (exact) mass is 238 g/mol. The molecule has 2 heteroatoms. The molecule has 0 radical (unpaired) electrons. The molecule has 2 aromatic rings. The first-order valence-corrected chi connectivity index (χ1v) is 6.68. The molecule has 1 N–H and O–H groups in total. The fraction of sp³-hybridized carbons (Fsp3) is 0.312. The minimum Gasteiger partial charge on any atom is -0.309 e. The minimum absolute atomic E-state index is 0.448. The Morgan fingerprint density at radius 1 is 0.944 bits per heavy atom. The maximum absolute atomic E-state index is 4.62. The summed E-state index contributed by atoms with van der Waals surface area (Å²) in [6.07, 6.45) is 5.79. The van der Waals surface area contributed by atoms with Gasteiger partial charge in [-0.1, -0.05) is 42.8 Å². The van der Waals surface area contributed by atoms with Gasteiger partial charge in [-0.15, -0.1) is 0 Å². The lowest BCUT2D eigenvalue weighted by Crippen LogP contribution is -2.27. The number of aromatic nitrogens is 1. The Balaban J connectivity index is 1.80. The third kappa shape index (κ3) is 2.44. The third-order valence-electron chi connectivity index (χ3n) is 3.56. The average Bonchev–Trinajstić information content (AvgIpc) is 2.49. The van der Waals surface area contributed by atoms with Crippen LogP contribution in [-0.4, -0.2) is 11.5 Å². The van der Waals surface area contributed by atoms with Crippen LogP contribution in [0.4, 0.5) is 0 Å². The van der Waals surface area contributed by atoms with E-state index in [0.29, 0.717) is 6.04 Å². The van der Waals surface area contributed by atoms with Gasteiger partial charge in [-0.3, -0.25) is 4.98 Å². The lowest BCUT2D eigenvalue weighted by molar-refractivity contribution is 0.405. The van der Waals surface area contributed by atoms with Crippen LogP contribution in [0, 0.1) is 0 Å². The SMILES string of the molecule is c1ccc(-c2ccc(C3CCCCN3)nc2)cc1. The minimum atomic E-state index is 0.448. The van der Waals surface area contributed by atoms with E-state index in [4.69, 9.17) is 0 Å². The maximum Gasteiger partial charge on any atom is 0.0573 e. The zero-order chi connectivity index (χ0) is 12.2. The molecule has 1 aliphatic heterocycles. The molecular weight excluding hydrogens is 220 g/mol. The summed E-state index contributed by atoms with van der Waals surface area (Å²) >= 11 is 0. The smallest absolute Gasteiger partial charge is 0.0573 e. The van der Waals surface area contributed by atoms with Crippen molar-refractivity contribution in [3.63, 3.8) is 0 Å². The average molecular weight is 238 g/mol. The Morgan fingerprint density at radius 3 is 2.50 bits per heavy atom. The largest absolute Gasteiger partial charge is 0.309 e. The molecule has 18 heavy (non-hydrogen) atoms. The third-order valence-corrected chi connectivity index (χ3v) is 3.56. The van der Waals surface area contributed by atoms with E-state index in [1.54, 1.807) is 0 Å². The van der Waals surface area contributed by atoms with E-state index in [2.05, 4.69) is 46.7 Å². The molecule has 1 unspecified atom stereocenters. The summed E-state index contributed by atoms with van der Waals surface area (Å²) in [5, 5.41) is 3.53. The highest BCUT2D eigenvalue weighted by atomic mass is 14.9. The maximum atomic E-state index is 4.62. The van der Waals surface area contributed by atoms with Crippen LogP contribution in [0.1, 0.15) is 31.0 Å². The van der Waals surface area contributed by atoms with Crippen LogP contribution in [0.2, 0.25) is 0 Å². The van der Waals surface area contributed by atoms with E-state index >= 15 is 0 Å². The van der Waals surface area contributed by atoms with Gasteiger partial charge in [0.05, 0.1) is 5.69 Å². The summed E-state index contributed by atoms with van der Waals surface area (Å²) in [5.41, 5.74) is 3.60. The van der Waals surface area contributed by atoms with Crippen LogP contribution < -0.4 is 5.32 Å². The molecule has 0 bridgehead atoms. The molecule has 2 nitrogen and oxygen atoms in total. The quantitative estimate of drug-likeness (QED) is 0.865. The van der Waals surface area contributed by atoms with Crippen molar-refractivity contribution in [1.82, 2.24) is 10.3 Å².